The number of amides is 1. The maximum absolute atomic E-state index is 11.8. The van der Waals surface area contributed by atoms with Crippen LogP contribution >= 0.6 is 0 Å². The number of Topliss-reactive ketones (excluding diaryl/α,β-unsaturated/α-hetero) is 1. The van der Waals surface area contributed by atoms with E-state index < -0.39 is 5.91 Å². The van der Waals surface area contributed by atoms with Gasteiger partial charge in [0.05, 0.1) is 12.1 Å². The molecule has 0 radical (unpaired) electrons. The Kier molecular flexibility index (Phi) is 10.4. The molecule has 1 aliphatic rings. The standard InChI is InChI=1S/C12H22N2O3.C2H6/c1-3-5-10(13-2)11(15)12(16)14-8-9-6-4-7-17-9;1-2/h9-10,13H,3-8H2,1-2H3,(H,14,16);1-2H3. The monoisotopic (exact) mass is 272 g/mol. The smallest absolute Gasteiger partial charge is 0.289 e. The van der Waals surface area contributed by atoms with Crippen LogP contribution in [0.1, 0.15) is 46.5 Å². The van der Waals surface area contributed by atoms with Gasteiger partial charge in [0.1, 0.15) is 0 Å². The van der Waals surface area contributed by atoms with Crippen LogP contribution in [-0.2, 0) is 14.3 Å². The van der Waals surface area contributed by atoms with Crippen LogP contribution in [0.5, 0.6) is 0 Å². The minimum Gasteiger partial charge on any atom is -0.376 e. The zero-order chi connectivity index (χ0) is 14.7. The third kappa shape index (κ3) is 6.68. The lowest BCUT2D eigenvalue weighted by molar-refractivity contribution is -0.139. The highest BCUT2D eigenvalue weighted by molar-refractivity contribution is 6.38. The Labute approximate surface area is 116 Å². The van der Waals surface area contributed by atoms with Crippen molar-refractivity contribution < 1.29 is 14.3 Å². The van der Waals surface area contributed by atoms with Gasteiger partial charge in [0.2, 0.25) is 5.78 Å². The highest BCUT2D eigenvalue weighted by Gasteiger charge is 2.24. The summed E-state index contributed by atoms with van der Waals surface area (Å²) in [5, 5.41) is 5.51. The highest BCUT2D eigenvalue weighted by Crippen LogP contribution is 2.10. The van der Waals surface area contributed by atoms with E-state index in [9.17, 15) is 9.59 Å². The molecule has 112 valence electrons. The van der Waals surface area contributed by atoms with Crippen molar-refractivity contribution in [3.63, 3.8) is 0 Å². The van der Waals surface area contributed by atoms with Crippen molar-refractivity contribution in [1.29, 1.82) is 0 Å². The molecule has 2 unspecified atom stereocenters. The normalized spacial score (nSPS) is 19.3. The van der Waals surface area contributed by atoms with Crippen LogP contribution < -0.4 is 10.6 Å². The molecule has 1 heterocycles. The molecule has 1 amide bonds. The number of nitrogens with one attached hydrogen (secondary N) is 2. The fourth-order valence-electron chi connectivity index (χ4n) is 1.95. The molecule has 0 aromatic rings. The van der Waals surface area contributed by atoms with Gasteiger partial charge in [-0.05, 0) is 26.3 Å². The average Bonchev–Trinajstić information content (AvgIpc) is 2.97. The topological polar surface area (TPSA) is 67.4 Å². The minimum atomic E-state index is -0.506. The number of likely N-dealkylation sites (N-methyl/N-ethyl adjacent to an activating group) is 1. The molecule has 0 aliphatic carbocycles. The predicted octanol–water partition coefficient (Wildman–Crippen LogP) is 1.26. The quantitative estimate of drug-likeness (QED) is 0.685. The first kappa shape index (κ1) is 18.1. The average molecular weight is 272 g/mol. The maximum Gasteiger partial charge on any atom is 0.289 e. The van der Waals surface area contributed by atoms with Crippen molar-refractivity contribution in [2.45, 2.75) is 58.6 Å². The van der Waals surface area contributed by atoms with Crippen molar-refractivity contribution in [1.82, 2.24) is 10.6 Å². The Balaban J connectivity index is 0.00000154. The summed E-state index contributed by atoms with van der Waals surface area (Å²) in [5.74, 6) is -0.888. The van der Waals surface area contributed by atoms with Crippen LogP contribution in [-0.4, -0.2) is 44.0 Å². The molecular weight excluding hydrogens is 244 g/mol. The van der Waals surface area contributed by atoms with E-state index in [2.05, 4.69) is 10.6 Å². The minimum absolute atomic E-state index is 0.0750. The van der Waals surface area contributed by atoms with E-state index in [0.29, 0.717) is 13.0 Å². The van der Waals surface area contributed by atoms with Crippen LogP contribution in [0.15, 0.2) is 0 Å². The van der Waals surface area contributed by atoms with Crippen LogP contribution in [0.25, 0.3) is 0 Å². The summed E-state index contributed by atoms with van der Waals surface area (Å²) in [7, 11) is 1.70. The van der Waals surface area contributed by atoms with Gasteiger partial charge in [-0.2, -0.15) is 0 Å². The first-order valence-electron chi connectivity index (χ1n) is 7.30. The van der Waals surface area contributed by atoms with Gasteiger partial charge in [0, 0.05) is 13.2 Å². The first-order chi connectivity index (χ1) is 9.19. The molecule has 5 heteroatoms. The molecule has 0 aromatic carbocycles. The summed E-state index contributed by atoms with van der Waals surface area (Å²) >= 11 is 0. The van der Waals surface area contributed by atoms with Gasteiger partial charge in [0.25, 0.3) is 5.91 Å². The molecular formula is C14H28N2O3. The maximum atomic E-state index is 11.8. The first-order valence-corrected chi connectivity index (χ1v) is 7.30. The van der Waals surface area contributed by atoms with E-state index in [1.165, 1.54) is 0 Å². The molecule has 2 N–H and O–H groups in total. The summed E-state index contributed by atoms with van der Waals surface area (Å²) < 4.78 is 5.38. The summed E-state index contributed by atoms with van der Waals surface area (Å²) in [5.41, 5.74) is 0. The molecule has 1 rings (SSSR count). The Bertz CT molecular complexity index is 263. The van der Waals surface area contributed by atoms with E-state index in [1.807, 2.05) is 20.8 Å². The molecule has 0 aromatic heterocycles. The van der Waals surface area contributed by atoms with Gasteiger partial charge in [-0.1, -0.05) is 27.2 Å². The summed E-state index contributed by atoms with van der Waals surface area (Å²) in [6, 6.07) is -0.371. The second-order valence-electron chi connectivity index (χ2n) is 4.34. The number of hydrogen-bond donors (Lipinski definition) is 2. The van der Waals surface area contributed by atoms with Gasteiger partial charge in [-0.3, -0.25) is 9.59 Å². The van der Waals surface area contributed by atoms with E-state index in [-0.39, 0.29) is 17.9 Å². The van der Waals surface area contributed by atoms with Gasteiger partial charge in [-0.25, -0.2) is 0 Å². The third-order valence-corrected chi connectivity index (χ3v) is 2.98. The number of ether oxygens (including phenoxy) is 1. The Morgan fingerprint density at radius 2 is 2.05 bits per heavy atom. The van der Waals surface area contributed by atoms with Crippen LogP contribution in [0.3, 0.4) is 0 Å². The lowest BCUT2D eigenvalue weighted by Crippen LogP contribution is -2.45. The fourth-order valence-corrected chi connectivity index (χ4v) is 1.95. The summed E-state index contributed by atoms with van der Waals surface area (Å²) in [6.07, 6.45) is 3.62. The zero-order valence-electron chi connectivity index (χ0n) is 12.6. The van der Waals surface area contributed by atoms with E-state index >= 15 is 0 Å². The summed E-state index contributed by atoms with van der Waals surface area (Å²) in [6.45, 7) is 7.18. The Hall–Kier alpha value is -0.940. The molecule has 0 saturated carbocycles. The van der Waals surface area contributed by atoms with Gasteiger partial charge in [0.15, 0.2) is 0 Å². The van der Waals surface area contributed by atoms with Crippen molar-refractivity contribution in [2.24, 2.45) is 0 Å². The molecule has 1 aliphatic heterocycles. The molecule has 1 saturated heterocycles. The van der Waals surface area contributed by atoms with Crippen molar-refractivity contribution in [2.75, 3.05) is 20.2 Å². The van der Waals surface area contributed by atoms with E-state index in [0.717, 1.165) is 25.9 Å². The Morgan fingerprint density at radius 1 is 1.37 bits per heavy atom. The van der Waals surface area contributed by atoms with Crippen LogP contribution in [0.4, 0.5) is 0 Å². The predicted molar refractivity (Wildman–Crippen MR) is 76.1 cm³/mol. The second-order valence-corrected chi connectivity index (χ2v) is 4.34. The molecule has 0 spiro atoms. The molecule has 5 nitrogen and oxygen atoms in total. The Morgan fingerprint density at radius 3 is 2.53 bits per heavy atom. The van der Waals surface area contributed by atoms with Crippen LogP contribution in [0.2, 0.25) is 0 Å². The van der Waals surface area contributed by atoms with Gasteiger partial charge in [-0.15, -0.1) is 0 Å². The molecule has 2 atom stereocenters. The number of carbonyl (C=O) groups excluding carboxylic acids is 2. The molecule has 1 fully saturated rings. The molecule has 19 heavy (non-hydrogen) atoms. The fraction of sp³-hybridized carbons (Fsp3) is 0.857. The van der Waals surface area contributed by atoms with Crippen molar-refractivity contribution in [3.05, 3.63) is 0 Å². The second kappa shape index (κ2) is 10.9. The number of carbonyl (C=O) groups is 2. The summed E-state index contributed by atoms with van der Waals surface area (Å²) in [4.78, 5) is 23.4. The zero-order valence-corrected chi connectivity index (χ0v) is 12.6. The van der Waals surface area contributed by atoms with Crippen LogP contribution in [0, 0.1) is 0 Å². The highest BCUT2D eigenvalue weighted by atomic mass is 16.5. The molecule has 0 bridgehead atoms. The van der Waals surface area contributed by atoms with Crippen molar-refractivity contribution >= 4 is 11.7 Å². The number of rotatable bonds is 7. The van der Waals surface area contributed by atoms with E-state index in [4.69, 9.17) is 4.74 Å². The lowest BCUT2D eigenvalue weighted by atomic mass is 10.1. The largest absolute Gasteiger partial charge is 0.376 e. The van der Waals surface area contributed by atoms with Gasteiger partial charge < -0.3 is 15.4 Å². The van der Waals surface area contributed by atoms with Crippen molar-refractivity contribution in [3.8, 4) is 0 Å². The SMILES string of the molecule is CC.CCCC(NC)C(=O)C(=O)NCC1CCCO1. The number of ketones is 1. The lowest BCUT2D eigenvalue weighted by Gasteiger charge is -2.15. The number of hydrogen-bond acceptors (Lipinski definition) is 4. The third-order valence-electron chi connectivity index (χ3n) is 2.98. The van der Waals surface area contributed by atoms with Gasteiger partial charge >= 0.3 is 0 Å². The van der Waals surface area contributed by atoms with E-state index in [1.54, 1.807) is 7.05 Å².